The van der Waals surface area contributed by atoms with Crippen molar-refractivity contribution in [1.29, 1.82) is 0 Å². The molecule has 0 aliphatic carbocycles. The predicted molar refractivity (Wildman–Crippen MR) is 117 cm³/mol. The number of hydrogen-bond donors (Lipinski definition) is 0. The van der Waals surface area contributed by atoms with E-state index in [1.165, 1.54) is 11.3 Å². The molecule has 2 aromatic heterocycles. The molecule has 0 bridgehead atoms. The maximum Gasteiger partial charge on any atom is 0.261 e. The molecule has 1 aliphatic heterocycles. The van der Waals surface area contributed by atoms with Gasteiger partial charge in [0.05, 0.1) is 27.3 Å². The van der Waals surface area contributed by atoms with Gasteiger partial charge >= 0.3 is 0 Å². The van der Waals surface area contributed by atoms with Gasteiger partial charge < -0.3 is 9.47 Å². The molecule has 150 valence electrons. The summed E-state index contributed by atoms with van der Waals surface area (Å²) in [6.07, 6.45) is 3.44. The molecule has 0 N–H and O–H groups in total. The molecule has 0 unspecified atom stereocenters. The van der Waals surface area contributed by atoms with Crippen molar-refractivity contribution in [3.8, 4) is 11.5 Å². The van der Waals surface area contributed by atoms with Gasteiger partial charge in [-0.25, -0.2) is 4.98 Å². The molecule has 0 fully saturated rings. The molecule has 2 aromatic carbocycles. The number of nitrogens with zero attached hydrogens (tertiary/aromatic N) is 3. The Hall–Kier alpha value is -3.16. The van der Waals surface area contributed by atoms with Gasteiger partial charge in [-0.3, -0.25) is 14.7 Å². The van der Waals surface area contributed by atoms with Crippen LogP contribution in [0.15, 0.2) is 60.9 Å². The normalized spacial score (nSPS) is 12.7. The van der Waals surface area contributed by atoms with Crippen LogP contribution in [0, 0.1) is 0 Å². The Morgan fingerprint density at radius 1 is 1.10 bits per heavy atom. The second-order valence-electron chi connectivity index (χ2n) is 6.69. The monoisotopic (exact) mass is 437 g/mol. The second kappa shape index (κ2) is 7.93. The number of anilines is 1. The maximum atomic E-state index is 13.4. The van der Waals surface area contributed by atoms with Crippen molar-refractivity contribution < 1.29 is 14.3 Å². The summed E-state index contributed by atoms with van der Waals surface area (Å²) in [4.78, 5) is 24.0. The van der Waals surface area contributed by atoms with Gasteiger partial charge in [-0.1, -0.05) is 41.1 Å². The van der Waals surface area contributed by atoms with Gasteiger partial charge in [0, 0.05) is 24.5 Å². The molecule has 3 heterocycles. The van der Waals surface area contributed by atoms with Crippen molar-refractivity contribution in [2.45, 2.75) is 6.54 Å². The summed E-state index contributed by atoms with van der Waals surface area (Å²) in [7, 11) is 0. The highest BCUT2D eigenvalue weighted by atomic mass is 35.5. The molecule has 5 rings (SSSR count). The van der Waals surface area contributed by atoms with Gasteiger partial charge in [-0.2, -0.15) is 0 Å². The van der Waals surface area contributed by atoms with E-state index in [2.05, 4.69) is 4.98 Å². The van der Waals surface area contributed by atoms with Crippen molar-refractivity contribution in [1.82, 2.24) is 9.97 Å². The minimum absolute atomic E-state index is 0.222. The Bertz CT molecular complexity index is 1190. The van der Waals surface area contributed by atoms with Gasteiger partial charge in [0.1, 0.15) is 13.2 Å². The van der Waals surface area contributed by atoms with Gasteiger partial charge in [0.15, 0.2) is 16.6 Å². The number of hydrogen-bond acceptors (Lipinski definition) is 6. The van der Waals surface area contributed by atoms with E-state index in [1.807, 2.05) is 24.3 Å². The van der Waals surface area contributed by atoms with E-state index in [9.17, 15) is 4.79 Å². The van der Waals surface area contributed by atoms with Crippen LogP contribution in [-0.4, -0.2) is 29.1 Å². The van der Waals surface area contributed by atoms with Crippen molar-refractivity contribution in [3.05, 3.63) is 77.1 Å². The zero-order valence-electron chi connectivity index (χ0n) is 15.7. The number of halogens is 1. The molecule has 6 nitrogen and oxygen atoms in total. The first-order valence-corrected chi connectivity index (χ1v) is 10.5. The fourth-order valence-electron chi connectivity index (χ4n) is 3.25. The van der Waals surface area contributed by atoms with E-state index >= 15 is 0 Å². The topological polar surface area (TPSA) is 64.6 Å². The van der Waals surface area contributed by atoms with E-state index in [0.717, 1.165) is 15.8 Å². The Labute approximate surface area is 181 Å². The summed E-state index contributed by atoms with van der Waals surface area (Å²) in [6, 6.07) is 14.5. The number of rotatable bonds is 4. The summed E-state index contributed by atoms with van der Waals surface area (Å²) in [5.74, 6) is 1.14. The lowest BCUT2D eigenvalue weighted by molar-refractivity contribution is 0.0985. The van der Waals surface area contributed by atoms with E-state index < -0.39 is 0 Å². The number of fused-ring (bicyclic) bond motifs is 2. The van der Waals surface area contributed by atoms with E-state index in [4.69, 9.17) is 26.1 Å². The van der Waals surface area contributed by atoms with Gasteiger partial charge in [-0.05, 0) is 23.8 Å². The summed E-state index contributed by atoms with van der Waals surface area (Å²) in [5, 5.41) is 0.971. The number of amides is 1. The molecular weight excluding hydrogens is 422 g/mol. The van der Waals surface area contributed by atoms with Gasteiger partial charge in [-0.15, -0.1) is 0 Å². The molecule has 0 spiro atoms. The second-order valence-corrected chi connectivity index (χ2v) is 8.11. The minimum atomic E-state index is -0.222. The van der Waals surface area contributed by atoms with Crippen LogP contribution in [0.1, 0.15) is 15.9 Å². The minimum Gasteiger partial charge on any atom is -0.486 e. The smallest absolute Gasteiger partial charge is 0.261 e. The summed E-state index contributed by atoms with van der Waals surface area (Å²) in [5.41, 5.74) is 2.07. The first kappa shape index (κ1) is 18.8. The molecule has 8 heteroatoms. The fraction of sp³-hybridized carbons (Fsp3) is 0.136. The SMILES string of the molecule is O=C(c1ccccc1Cl)N(Cc1cccnc1)c1nc2cc3c(cc2s1)OCCO3. The molecule has 0 atom stereocenters. The first-order valence-electron chi connectivity index (χ1n) is 9.34. The number of thiazole rings is 1. The number of pyridine rings is 1. The molecule has 1 amide bonds. The number of carbonyl (C=O) groups is 1. The molecule has 0 saturated heterocycles. The Morgan fingerprint density at radius 3 is 2.67 bits per heavy atom. The molecular formula is C22H16ClN3O3S. The van der Waals surface area contributed by atoms with E-state index in [0.29, 0.717) is 47.0 Å². The molecule has 30 heavy (non-hydrogen) atoms. The Morgan fingerprint density at radius 2 is 1.90 bits per heavy atom. The summed E-state index contributed by atoms with van der Waals surface area (Å²) < 4.78 is 12.3. The van der Waals surface area contributed by atoms with Crippen LogP contribution in [0.3, 0.4) is 0 Å². The van der Waals surface area contributed by atoms with Crippen molar-refractivity contribution in [3.63, 3.8) is 0 Å². The Kier molecular flexibility index (Phi) is 4.98. The number of benzene rings is 2. The van der Waals surface area contributed by atoms with Crippen molar-refractivity contribution in [2.75, 3.05) is 18.1 Å². The van der Waals surface area contributed by atoms with Crippen molar-refractivity contribution >= 4 is 44.2 Å². The largest absolute Gasteiger partial charge is 0.486 e. The lowest BCUT2D eigenvalue weighted by Crippen LogP contribution is -2.30. The van der Waals surface area contributed by atoms with Gasteiger partial charge in [0.2, 0.25) is 0 Å². The zero-order valence-corrected chi connectivity index (χ0v) is 17.3. The maximum absolute atomic E-state index is 13.4. The van der Waals surface area contributed by atoms with Gasteiger partial charge in [0.25, 0.3) is 5.91 Å². The van der Waals surface area contributed by atoms with Crippen LogP contribution < -0.4 is 14.4 Å². The number of ether oxygens (including phenoxy) is 2. The van der Waals surface area contributed by atoms with Crippen LogP contribution in [0.5, 0.6) is 11.5 Å². The quantitative estimate of drug-likeness (QED) is 0.451. The number of carbonyl (C=O) groups excluding carboxylic acids is 1. The Balaban J connectivity index is 1.58. The standard InChI is InChI=1S/C22H16ClN3O3S/c23-16-6-2-1-5-15(16)21(27)26(13-14-4-3-7-24-12-14)22-25-17-10-18-19(11-20(17)30-22)29-9-8-28-18/h1-7,10-12H,8-9,13H2. The van der Waals surface area contributed by atoms with E-state index in [-0.39, 0.29) is 5.91 Å². The highest BCUT2D eigenvalue weighted by molar-refractivity contribution is 7.22. The average molecular weight is 438 g/mol. The highest BCUT2D eigenvalue weighted by Crippen LogP contribution is 2.39. The predicted octanol–water partition coefficient (Wildman–Crippen LogP) is 4.96. The lowest BCUT2D eigenvalue weighted by Gasteiger charge is -2.20. The molecule has 0 radical (unpaired) electrons. The third kappa shape index (κ3) is 3.58. The lowest BCUT2D eigenvalue weighted by atomic mass is 10.2. The van der Waals surface area contributed by atoms with Crippen molar-refractivity contribution in [2.24, 2.45) is 0 Å². The third-order valence-corrected chi connectivity index (χ3v) is 6.06. The molecule has 1 aliphatic rings. The van der Waals surface area contributed by atoms with Crippen LogP contribution in [0.25, 0.3) is 10.2 Å². The molecule has 0 saturated carbocycles. The van der Waals surface area contributed by atoms with Crippen LogP contribution in [0.4, 0.5) is 5.13 Å². The summed E-state index contributed by atoms with van der Waals surface area (Å²) in [6.45, 7) is 1.35. The number of aromatic nitrogens is 2. The van der Waals surface area contributed by atoms with Crippen LogP contribution in [0.2, 0.25) is 5.02 Å². The van der Waals surface area contributed by atoms with Crippen LogP contribution >= 0.6 is 22.9 Å². The first-order chi connectivity index (χ1) is 14.7. The molecule has 4 aromatic rings. The summed E-state index contributed by atoms with van der Waals surface area (Å²) >= 11 is 7.73. The zero-order chi connectivity index (χ0) is 20.5. The average Bonchev–Trinajstić information content (AvgIpc) is 3.19. The highest BCUT2D eigenvalue weighted by Gasteiger charge is 2.24. The van der Waals surface area contributed by atoms with E-state index in [1.54, 1.807) is 41.6 Å². The fourth-order valence-corrected chi connectivity index (χ4v) is 4.44. The van der Waals surface area contributed by atoms with Crippen LogP contribution in [-0.2, 0) is 6.54 Å². The third-order valence-electron chi connectivity index (χ3n) is 4.68.